The fourth-order valence-electron chi connectivity index (χ4n) is 13.8. The molecule has 6 aromatic carbocycles. The number of aliphatic carboxylic acids is 3. The Bertz CT molecular complexity index is 4060. The predicted octanol–water partition coefficient (Wildman–Crippen LogP) is 2.39. The van der Waals surface area contributed by atoms with E-state index < -0.39 is 130 Å². The standard InChI is InChI=1S/C81H101N3O27/c85-42-61-70(97)73(100)76(103)79(109-61)106-58-27-24-45(35-55(58)52-18-3-14-49(32-52)38-67(91)92)11-6-21-64(88)82-30-2-1-10-48(41-84-66(90)23-8-13-47-26-29-60(108-81-78(105)75(102)72(99)63(44-87)111-81)57(37-47)54-20-5-16-51(34-54)40-69(95)96)17-9-31-83-65(89)22-7-12-46-25-28-59(107-80-77(104)74(101)71(98)62(43-86)110-80)56(36-46)53-19-4-15-50(33-53)39-68(93)94/h3-5,14-16,18-20,24-29,32-37,48,61-63,70-81,85-87,97-105H,1-2,6-13,17,21-23,30-31,38-44H2,(H,82,88)(H,83,89)(H,84,90)(H,91,92)(H,93,94)(H,95,96)/t48?,61-,62-,63-,70-,71-,72-,73-,74-,75-,76+,77+,78+,79+,80+,81+/m1/s1. The van der Waals surface area contributed by atoms with Gasteiger partial charge in [0.2, 0.25) is 36.6 Å². The van der Waals surface area contributed by atoms with E-state index in [4.69, 9.17) is 28.4 Å². The fraction of sp³-hybridized carbons (Fsp3) is 0.481. The normalized spacial score (nSPS) is 24.1. The van der Waals surface area contributed by atoms with Crippen LogP contribution in [0.3, 0.4) is 0 Å². The van der Waals surface area contributed by atoms with Gasteiger partial charge in [0.25, 0.3) is 0 Å². The molecule has 111 heavy (non-hydrogen) atoms. The van der Waals surface area contributed by atoms with Crippen LogP contribution in [0.25, 0.3) is 33.4 Å². The second kappa shape index (κ2) is 42.0. The molecule has 30 nitrogen and oxygen atoms in total. The monoisotopic (exact) mass is 1550 g/mol. The van der Waals surface area contributed by atoms with Crippen LogP contribution < -0.4 is 30.2 Å². The van der Waals surface area contributed by atoms with Crippen molar-refractivity contribution in [3.8, 4) is 50.6 Å². The van der Waals surface area contributed by atoms with E-state index in [0.717, 1.165) is 16.7 Å². The van der Waals surface area contributed by atoms with E-state index >= 15 is 0 Å². The van der Waals surface area contributed by atoms with E-state index in [-0.39, 0.29) is 79.4 Å². The van der Waals surface area contributed by atoms with E-state index in [2.05, 4.69) is 16.0 Å². The van der Waals surface area contributed by atoms with Gasteiger partial charge < -0.3 is 121 Å². The second-order valence-electron chi connectivity index (χ2n) is 28.3. The Morgan fingerprint density at radius 3 is 0.991 bits per heavy atom. The molecule has 3 fully saturated rings. The third-order valence-corrected chi connectivity index (χ3v) is 19.9. The number of benzene rings is 6. The van der Waals surface area contributed by atoms with Crippen molar-refractivity contribution in [3.05, 3.63) is 161 Å². The molecular formula is C81H101N3O27. The minimum absolute atomic E-state index is 0.0394. The highest BCUT2D eigenvalue weighted by atomic mass is 16.7. The molecule has 0 radical (unpaired) electrons. The van der Waals surface area contributed by atoms with Crippen molar-refractivity contribution < 1.29 is 134 Å². The van der Waals surface area contributed by atoms with Crippen molar-refractivity contribution in [2.24, 2.45) is 5.92 Å². The molecule has 3 saturated heterocycles. The van der Waals surface area contributed by atoms with Crippen LogP contribution in [0.15, 0.2) is 127 Å². The summed E-state index contributed by atoms with van der Waals surface area (Å²) in [6.07, 6.45) is -17.9. The molecule has 602 valence electrons. The fourth-order valence-corrected chi connectivity index (χ4v) is 13.8. The first kappa shape index (κ1) is 85.9. The van der Waals surface area contributed by atoms with Crippen LogP contribution in [0.2, 0.25) is 0 Å². The number of aliphatic hydroxyl groups is 12. The maximum atomic E-state index is 13.7. The van der Waals surface area contributed by atoms with E-state index in [0.29, 0.717) is 140 Å². The van der Waals surface area contributed by atoms with Gasteiger partial charge in [-0.15, -0.1) is 0 Å². The van der Waals surface area contributed by atoms with Crippen LogP contribution >= 0.6 is 0 Å². The lowest BCUT2D eigenvalue weighted by Crippen LogP contribution is -2.60. The first-order valence-electron chi connectivity index (χ1n) is 37.3. The Morgan fingerprint density at radius 1 is 0.351 bits per heavy atom. The zero-order valence-corrected chi connectivity index (χ0v) is 61.2. The SMILES string of the molecule is O=C(O)Cc1cccc(-c2cc(CCCC(=O)NCCCCC(CCCNC(=O)CCCc3ccc(O[C@H]4O[C@H](CO)[C@@H](O)[C@@H](O)[C@@H]4O)c(-c4cccc(CC(=O)O)c4)c3)CNC(=O)CCCc3ccc(O[C@H]4O[C@H](CO)[C@@H](O)[C@@H](O)[C@@H]4O)c(-c4cccc(CC(=O)O)c4)c3)ccc2O[C@H]2O[C@H](CO)[C@@H](O)[C@@H](O)[C@@H]2O)c1. The van der Waals surface area contributed by atoms with Gasteiger partial charge in [0.15, 0.2) is 0 Å². The molecule has 0 bridgehead atoms. The molecule has 0 aliphatic carbocycles. The Labute approximate surface area is 640 Å². The third kappa shape index (κ3) is 24.7. The number of carbonyl (C=O) groups is 6. The average Bonchev–Trinajstić information content (AvgIpc) is 0.817. The summed E-state index contributed by atoms with van der Waals surface area (Å²) in [5.41, 5.74) is 7.00. The molecule has 3 heterocycles. The summed E-state index contributed by atoms with van der Waals surface area (Å²) in [6, 6.07) is 35.8. The summed E-state index contributed by atoms with van der Waals surface area (Å²) in [7, 11) is 0. The van der Waals surface area contributed by atoms with E-state index in [9.17, 15) is 105 Å². The van der Waals surface area contributed by atoms with Gasteiger partial charge in [0.1, 0.15) is 90.5 Å². The summed E-state index contributed by atoms with van der Waals surface area (Å²) >= 11 is 0. The van der Waals surface area contributed by atoms with Gasteiger partial charge in [-0.25, -0.2) is 0 Å². The Kier molecular flexibility index (Phi) is 32.5. The second-order valence-corrected chi connectivity index (χ2v) is 28.3. The number of hydrogen-bond donors (Lipinski definition) is 18. The summed E-state index contributed by atoms with van der Waals surface area (Å²) in [5, 5.41) is 162. The van der Waals surface area contributed by atoms with Gasteiger partial charge in [0.05, 0.1) is 39.1 Å². The number of carboxylic acids is 3. The third-order valence-electron chi connectivity index (χ3n) is 19.9. The molecule has 16 atom stereocenters. The number of carboxylic acid groups (broad SMARTS) is 3. The van der Waals surface area contributed by atoms with Gasteiger partial charge in [-0.1, -0.05) is 97.4 Å². The van der Waals surface area contributed by atoms with Crippen LogP contribution in [-0.2, 0) is 81.5 Å². The largest absolute Gasteiger partial charge is 0.481 e. The lowest BCUT2D eigenvalue weighted by Gasteiger charge is -2.39. The van der Waals surface area contributed by atoms with Crippen LogP contribution in [0.1, 0.15) is 104 Å². The van der Waals surface area contributed by atoms with Gasteiger partial charge in [-0.05, 0) is 157 Å². The van der Waals surface area contributed by atoms with Crippen molar-refractivity contribution in [2.45, 2.75) is 201 Å². The Hall–Kier alpha value is -9.06. The maximum Gasteiger partial charge on any atom is 0.307 e. The Balaban J connectivity index is 0.804. The van der Waals surface area contributed by atoms with Crippen LogP contribution in [-0.4, -0.2) is 244 Å². The van der Waals surface area contributed by atoms with Crippen LogP contribution in [0, 0.1) is 5.92 Å². The van der Waals surface area contributed by atoms with Crippen LogP contribution in [0.4, 0.5) is 0 Å². The number of rotatable bonds is 41. The van der Waals surface area contributed by atoms with E-state index in [1.165, 1.54) is 0 Å². The molecule has 3 aliphatic heterocycles. The van der Waals surface area contributed by atoms with E-state index in [1.807, 2.05) is 6.07 Å². The lowest BCUT2D eigenvalue weighted by atomic mass is 9.96. The molecule has 3 amide bonds. The van der Waals surface area contributed by atoms with Gasteiger partial charge in [-0.3, -0.25) is 28.8 Å². The minimum Gasteiger partial charge on any atom is -0.481 e. The van der Waals surface area contributed by atoms with E-state index in [1.54, 1.807) is 121 Å². The topological polar surface area (TPSA) is 497 Å². The van der Waals surface area contributed by atoms with Gasteiger partial charge in [0, 0.05) is 55.6 Å². The molecule has 18 N–H and O–H groups in total. The zero-order valence-electron chi connectivity index (χ0n) is 61.2. The number of aryl methyl sites for hydroxylation is 3. The quantitative estimate of drug-likeness (QED) is 0.0245. The molecule has 0 spiro atoms. The number of aliphatic hydroxyl groups excluding tert-OH is 12. The van der Waals surface area contributed by atoms with Crippen molar-refractivity contribution in [3.63, 3.8) is 0 Å². The molecular weight excluding hydrogens is 1450 g/mol. The highest BCUT2D eigenvalue weighted by molar-refractivity contribution is 5.79. The number of carbonyl (C=O) groups excluding carboxylic acids is 3. The highest BCUT2D eigenvalue weighted by Gasteiger charge is 2.48. The maximum absolute atomic E-state index is 13.7. The first-order chi connectivity index (χ1) is 53.3. The smallest absolute Gasteiger partial charge is 0.307 e. The van der Waals surface area contributed by atoms with Crippen molar-refractivity contribution in [1.82, 2.24) is 16.0 Å². The molecule has 0 saturated carbocycles. The summed E-state index contributed by atoms with van der Waals surface area (Å²) in [4.78, 5) is 75.3. The van der Waals surface area contributed by atoms with Crippen LogP contribution in [0.5, 0.6) is 17.2 Å². The first-order valence-corrected chi connectivity index (χ1v) is 37.3. The molecule has 3 aliphatic rings. The summed E-state index contributed by atoms with van der Waals surface area (Å²) < 4.78 is 35.1. The van der Waals surface area contributed by atoms with Crippen molar-refractivity contribution in [2.75, 3.05) is 39.5 Å². The lowest BCUT2D eigenvalue weighted by molar-refractivity contribution is -0.277. The minimum atomic E-state index is -1.71. The predicted molar refractivity (Wildman–Crippen MR) is 397 cm³/mol. The van der Waals surface area contributed by atoms with Crippen molar-refractivity contribution in [1.29, 1.82) is 0 Å². The Morgan fingerprint density at radius 2 is 0.667 bits per heavy atom. The zero-order chi connectivity index (χ0) is 79.8. The average molecular weight is 1550 g/mol. The number of amides is 3. The number of ether oxygens (including phenoxy) is 6. The summed E-state index contributed by atoms with van der Waals surface area (Å²) in [5.74, 6) is -3.19. The number of nitrogens with one attached hydrogen (secondary N) is 3. The molecule has 0 aromatic heterocycles. The molecule has 30 heteroatoms. The summed E-state index contributed by atoms with van der Waals surface area (Å²) in [6.45, 7) is -0.999. The van der Waals surface area contributed by atoms with Gasteiger partial charge in [-0.2, -0.15) is 0 Å². The highest BCUT2D eigenvalue weighted by Crippen LogP contribution is 2.39. The number of hydrogen-bond acceptors (Lipinski definition) is 24. The molecule has 9 rings (SSSR count). The molecule has 1 unspecified atom stereocenters. The molecule has 6 aromatic rings. The van der Waals surface area contributed by atoms with Gasteiger partial charge >= 0.3 is 17.9 Å². The van der Waals surface area contributed by atoms with Crippen molar-refractivity contribution >= 4 is 35.6 Å². The number of unbranched alkanes of at least 4 members (excludes halogenated alkanes) is 1.